The van der Waals surface area contributed by atoms with Gasteiger partial charge in [0.05, 0.1) is 5.69 Å². The molecule has 23 heavy (non-hydrogen) atoms. The van der Waals surface area contributed by atoms with E-state index < -0.39 is 5.25 Å². The fraction of sp³-hybridized carbons (Fsp3) is 0.312. The molecule has 1 fully saturated rings. The Kier molecular flexibility index (Phi) is 6.41. The minimum Gasteiger partial charge on any atom is -0.356 e. The Hall–Kier alpha value is -1.60. The van der Waals surface area contributed by atoms with Gasteiger partial charge in [0.1, 0.15) is 5.25 Å². The van der Waals surface area contributed by atoms with Crippen LogP contribution in [-0.4, -0.2) is 40.2 Å². The first-order chi connectivity index (χ1) is 11.0. The summed E-state index contributed by atoms with van der Waals surface area (Å²) in [5, 5.41) is 2.89. The lowest BCUT2D eigenvalue weighted by Gasteiger charge is -2.13. The monoisotopic (exact) mass is 395 g/mol. The summed E-state index contributed by atoms with van der Waals surface area (Å²) in [6, 6.07) is 7.52. The highest BCUT2D eigenvalue weighted by atomic mass is 79.9. The largest absolute Gasteiger partial charge is 0.356 e. The van der Waals surface area contributed by atoms with E-state index in [0.29, 0.717) is 18.3 Å². The van der Waals surface area contributed by atoms with E-state index >= 15 is 0 Å². The second-order valence-corrected chi connectivity index (χ2v) is 6.96. The molecule has 0 aromatic heterocycles. The average Bonchev–Trinajstić information content (AvgIpc) is 2.79. The van der Waals surface area contributed by atoms with Crippen molar-refractivity contribution < 1.29 is 9.59 Å². The van der Waals surface area contributed by atoms with E-state index in [9.17, 15) is 9.59 Å². The number of carbonyl (C=O) groups excluding carboxylic acids is 2. The van der Waals surface area contributed by atoms with Crippen LogP contribution >= 0.6 is 27.7 Å². The minimum atomic E-state index is -0.435. The molecule has 0 aliphatic carbocycles. The predicted molar refractivity (Wildman–Crippen MR) is 97.8 cm³/mol. The van der Waals surface area contributed by atoms with Gasteiger partial charge in [-0.05, 0) is 31.2 Å². The van der Waals surface area contributed by atoms with Gasteiger partial charge in [0.25, 0.3) is 0 Å². The highest BCUT2D eigenvalue weighted by molar-refractivity contribution is 9.10. The zero-order valence-corrected chi connectivity index (χ0v) is 15.2. The number of amides is 2. The Morgan fingerprint density at radius 1 is 1.48 bits per heavy atom. The average molecular weight is 396 g/mol. The standard InChI is InChI=1S/C16H18BrN3O2S/c1-3-9-20-15(22)13(10-14(21)18-4-2)23-16(20)19-12-7-5-11(17)6-8-12/h3,5-8,13H,1,4,9-10H2,2H3,(H,18,21). The van der Waals surface area contributed by atoms with Crippen molar-refractivity contribution in [3.63, 3.8) is 0 Å². The Morgan fingerprint density at radius 2 is 2.17 bits per heavy atom. The van der Waals surface area contributed by atoms with E-state index in [0.717, 1.165) is 10.2 Å². The lowest BCUT2D eigenvalue weighted by atomic mass is 10.2. The number of thioether (sulfide) groups is 1. The van der Waals surface area contributed by atoms with Crippen LogP contribution in [0, 0.1) is 0 Å². The lowest BCUT2D eigenvalue weighted by Crippen LogP contribution is -2.34. The summed E-state index contributed by atoms with van der Waals surface area (Å²) in [6.07, 6.45) is 1.81. The number of nitrogens with zero attached hydrogens (tertiary/aromatic N) is 2. The van der Waals surface area contributed by atoms with Crippen LogP contribution in [0.2, 0.25) is 0 Å². The molecule has 0 saturated carbocycles. The van der Waals surface area contributed by atoms with E-state index in [1.807, 2.05) is 31.2 Å². The third-order valence-corrected chi connectivity index (χ3v) is 4.83. The highest BCUT2D eigenvalue weighted by Gasteiger charge is 2.38. The first-order valence-electron chi connectivity index (χ1n) is 7.25. The molecule has 1 aliphatic heterocycles. The number of benzene rings is 1. The second-order valence-electron chi connectivity index (χ2n) is 4.87. The van der Waals surface area contributed by atoms with Gasteiger partial charge < -0.3 is 5.32 Å². The van der Waals surface area contributed by atoms with Crippen LogP contribution in [0.5, 0.6) is 0 Å². The van der Waals surface area contributed by atoms with Gasteiger partial charge in [0.15, 0.2) is 5.17 Å². The molecule has 122 valence electrons. The summed E-state index contributed by atoms with van der Waals surface area (Å²) >= 11 is 4.71. The van der Waals surface area contributed by atoms with Crippen molar-refractivity contribution in [2.45, 2.75) is 18.6 Å². The maximum absolute atomic E-state index is 12.5. The summed E-state index contributed by atoms with van der Waals surface area (Å²) in [5.41, 5.74) is 0.760. The fourth-order valence-corrected chi connectivity index (χ4v) is 3.52. The zero-order chi connectivity index (χ0) is 16.8. The predicted octanol–water partition coefficient (Wildman–Crippen LogP) is 3.09. The van der Waals surface area contributed by atoms with Crippen molar-refractivity contribution in [3.8, 4) is 0 Å². The van der Waals surface area contributed by atoms with Crippen molar-refractivity contribution in [3.05, 3.63) is 41.4 Å². The molecule has 1 saturated heterocycles. The van der Waals surface area contributed by atoms with Crippen molar-refractivity contribution >= 4 is 50.4 Å². The van der Waals surface area contributed by atoms with Gasteiger partial charge in [-0.1, -0.05) is 33.8 Å². The van der Waals surface area contributed by atoms with Gasteiger partial charge >= 0.3 is 0 Å². The summed E-state index contributed by atoms with van der Waals surface area (Å²) < 4.78 is 0.966. The Morgan fingerprint density at radius 3 is 2.78 bits per heavy atom. The molecular weight excluding hydrogens is 378 g/mol. The molecule has 2 rings (SSSR count). The van der Waals surface area contributed by atoms with Gasteiger partial charge in [0, 0.05) is 24.0 Å². The molecule has 1 aliphatic rings. The molecule has 1 N–H and O–H groups in total. The van der Waals surface area contributed by atoms with E-state index in [-0.39, 0.29) is 18.2 Å². The van der Waals surface area contributed by atoms with E-state index in [1.54, 1.807) is 11.0 Å². The van der Waals surface area contributed by atoms with Crippen LogP contribution in [-0.2, 0) is 9.59 Å². The van der Waals surface area contributed by atoms with Gasteiger partial charge in [-0.15, -0.1) is 6.58 Å². The summed E-state index contributed by atoms with van der Waals surface area (Å²) in [4.78, 5) is 30.3. The van der Waals surface area contributed by atoms with Gasteiger partial charge in [0.2, 0.25) is 11.8 Å². The van der Waals surface area contributed by atoms with Gasteiger partial charge in [-0.25, -0.2) is 4.99 Å². The smallest absolute Gasteiger partial charge is 0.242 e. The first kappa shape index (κ1) is 17.7. The van der Waals surface area contributed by atoms with Gasteiger partial charge in [-0.3, -0.25) is 14.5 Å². The summed E-state index contributed by atoms with van der Waals surface area (Å²) in [5.74, 6) is -0.223. The van der Waals surface area contributed by atoms with Gasteiger partial charge in [-0.2, -0.15) is 0 Å². The third-order valence-electron chi connectivity index (χ3n) is 3.13. The number of hydrogen-bond acceptors (Lipinski definition) is 4. The van der Waals surface area contributed by atoms with E-state index in [4.69, 9.17) is 0 Å². The van der Waals surface area contributed by atoms with Crippen molar-refractivity contribution in [1.82, 2.24) is 10.2 Å². The zero-order valence-electron chi connectivity index (χ0n) is 12.8. The van der Waals surface area contributed by atoms with Crippen LogP contribution < -0.4 is 5.32 Å². The number of carbonyl (C=O) groups is 2. The molecule has 0 spiro atoms. The Labute approximate surface area is 148 Å². The number of nitrogens with one attached hydrogen (secondary N) is 1. The summed E-state index contributed by atoms with van der Waals surface area (Å²) in [6.45, 7) is 6.47. The van der Waals surface area contributed by atoms with Crippen LogP contribution in [0.3, 0.4) is 0 Å². The molecule has 5 nitrogen and oxygen atoms in total. The number of hydrogen-bond donors (Lipinski definition) is 1. The van der Waals surface area contributed by atoms with Crippen molar-refractivity contribution in [2.75, 3.05) is 13.1 Å². The Balaban J connectivity index is 2.20. The minimum absolute atomic E-state index is 0.1000. The van der Waals surface area contributed by atoms with Crippen molar-refractivity contribution in [1.29, 1.82) is 0 Å². The third kappa shape index (κ3) is 4.68. The number of rotatable bonds is 6. The molecule has 2 amide bonds. The van der Waals surface area contributed by atoms with Crippen LogP contribution in [0.15, 0.2) is 46.4 Å². The maximum Gasteiger partial charge on any atom is 0.242 e. The van der Waals surface area contributed by atoms with Crippen LogP contribution in [0.25, 0.3) is 0 Å². The molecule has 7 heteroatoms. The molecular formula is C16H18BrN3O2S. The van der Waals surface area contributed by atoms with Crippen molar-refractivity contribution in [2.24, 2.45) is 4.99 Å². The van der Waals surface area contributed by atoms with Crippen LogP contribution in [0.1, 0.15) is 13.3 Å². The SMILES string of the molecule is C=CCN1C(=O)C(CC(=O)NCC)SC1=Nc1ccc(Br)cc1. The molecule has 0 radical (unpaired) electrons. The number of aliphatic imine (C=N–C) groups is 1. The van der Waals surface area contributed by atoms with E-state index in [1.165, 1.54) is 11.8 Å². The molecule has 1 unspecified atom stereocenters. The first-order valence-corrected chi connectivity index (χ1v) is 8.92. The topological polar surface area (TPSA) is 61.8 Å². The molecule has 1 aromatic rings. The number of halogens is 1. The Bertz CT molecular complexity index is 631. The lowest BCUT2D eigenvalue weighted by molar-refractivity contribution is -0.129. The molecule has 1 heterocycles. The molecule has 1 atom stereocenters. The maximum atomic E-state index is 12.5. The highest BCUT2D eigenvalue weighted by Crippen LogP contribution is 2.31. The fourth-order valence-electron chi connectivity index (χ4n) is 2.09. The number of amidine groups is 1. The van der Waals surface area contributed by atoms with E-state index in [2.05, 4.69) is 32.8 Å². The molecule has 1 aromatic carbocycles. The quantitative estimate of drug-likeness (QED) is 0.752. The molecule has 0 bridgehead atoms. The van der Waals surface area contributed by atoms with Crippen LogP contribution in [0.4, 0.5) is 5.69 Å². The normalized spacial score (nSPS) is 19.2. The second kappa shape index (κ2) is 8.31. The summed E-state index contributed by atoms with van der Waals surface area (Å²) in [7, 11) is 0.